The summed E-state index contributed by atoms with van der Waals surface area (Å²) >= 11 is 0. The molecule has 0 fully saturated rings. The van der Waals surface area contributed by atoms with Crippen molar-refractivity contribution in [3.63, 3.8) is 0 Å². The Labute approximate surface area is 146 Å². The first-order valence-corrected chi connectivity index (χ1v) is 8.35. The third-order valence-electron chi connectivity index (χ3n) is 4.35. The molecular weight excluding hydrogens is 312 g/mol. The number of benzene rings is 2. The summed E-state index contributed by atoms with van der Waals surface area (Å²) in [6, 6.07) is 23.2. The number of hydrogen-bond acceptors (Lipinski definition) is 3. The smallest absolute Gasteiger partial charge is 0.240 e. The number of hydrogen-bond donors (Lipinski definition) is 1. The summed E-state index contributed by atoms with van der Waals surface area (Å²) in [5.41, 5.74) is 1.95. The van der Waals surface area contributed by atoms with Crippen LogP contribution in [0.5, 0.6) is 5.75 Å². The standard InChI is InChI=1S/C21H19N2O2/c24-18(15-23-13-7-2-8-14-23)21-20(16-9-3-1-4-10-16)22-17-11-5-6-12-19(17)25-21/h1-14,20-22H,15H2/q+1. The van der Waals surface area contributed by atoms with Crippen molar-refractivity contribution in [3.05, 3.63) is 90.8 Å². The fourth-order valence-electron chi connectivity index (χ4n) is 3.12. The topological polar surface area (TPSA) is 42.2 Å². The van der Waals surface area contributed by atoms with Gasteiger partial charge in [-0.15, -0.1) is 0 Å². The molecule has 2 heterocycles. The summed E-state index contributed by atoms with van der Waals surface area (Å²) in [7, 11) is 0. The quantitative estimate of drug-likeness (QED) is 0.747. The number of nitrogens with one attached hydrogen (secondary N) is 1. The monoisotopic (exact) mass is 331 g/mol. The zero-order valence-corrected chi connectivity index (χ0v) is 13.7. The van der Waals surface area contributed by atoms with Crippen molar-refractivity contribution in [3.8, 4) is 5.75 Å². The van der Waals surface area contributed by atoms with Crippen LogP contribution in [0.3, 0.4) is 0 Å². The molecule has 2 atom stereocenters. The molecule has 3 aromatic rings. The number of carbonyl (C=O) groups excluding carboxylic acids is 1. The number of nitrogens with zero attached hydrogens (tertiary/aromatic N) is 1. The van der Waals surface area contributed by atoms with E-state index in [9.17, 15) is 4.79 Å². The van der Waals surface area contributed by atoms with E-state index in [0.29, 0.717) is 5.75 Å². The van der Waals surface area contributed by atoms with Gasteiger partial charge in [-0.2, -0.15) is 4.57 Å². The van der Waals surface area contributed by atoms with Gasteiger partial charge in [0.05, 0.1) is 11.7 Å². The van der Waals surface area contributed by atoms with Gasteiger partial charge >= 0.3 is 0 Å². The van der Waals surface area contributed by atoms with E-state index in [0.717, 1.165) is 11.3 Å². The van der Waals surface area contributed by atoms with Crippen molar-refractivity contribution >= 4 is 11.5 Å². The molecule has 4 rings (SSSR count). The zero-order valence-electron chi connectivity index (χ0n) is 13.7. The van der Waals surface area contributed by atoms with Gasteiger partial charge < -0.3 is 10.1 Å². The first-order valence-electron chi connectivity index (χ1n) is 8.35. The lowest BCUT2D eigenvalue weighted by Gasteiger charge is -2.34. The molecule has 4 heteroatoms. The summed E-state index contributed by atoms with van der Waals surface area (Å²) in [5, 5.41) is 3.47. The van der Waals surface area contributed by atoms with Crippen LogP contribution in [0.25, 0.3) is 0 Å². The van der Waals surface area contributed by atoms with Crippen LogP contribution in [0, 0.1) is 0 Å². The van der Waals surface area contributed by atoms with Crippen LogP contribution in [-0.4, -0.2) is 11.9 Å². The zero-order chi connectivity index (χ0) is 17.1. The third-order valence-corrected chi connectivity index (χ3v) is 4.35. The number of pyridine rings is 1. The van der Waals surface area contributed by atoms with E-state index >= 15 is 0 Å². The molecule has 0 amide bonds. The van der Waals surface area contributed by atoms with Gasteiger partial charge in [0.25, 0.3) is 0 Å². The van der Waals surface area contributed by atoms with Gasteiger partial charge in [0, 0.05) is 12.1 Å². The lowest BCUT2D eigenvalue weighted by molar-refractivity contribution is -0.684. The van der Waals surface area contributed by atoms with E-state index < -0.39 is 6.10 Å². The summed E-state index contributed by atoms with van der Waals surface area (Å²) in [4.78, 5) is 13.0. The highest BCUT2D eigenvalue weighted by Crippen LogP contribution is 2.37. The Bertz CT molecular complexity index is 865. The highest BCUT2D eigenvalue weighted by Gasteiger charge is 2.37. The fraction of sp³-hybridized carbons (Fsp3) is 0.143. The van der Waals surface area contributed by atoms with Crippen LogP contribution in [-0.2, 0) is 11.3 Å². The number of aromatic nitrogens is 1. The molecule has 1 N–H and O–H groups in total. The Morgan fingerprint density at radius 1 is 0.920 bits per heavy atom. The lowest BCUT2D eigenvalue weighted by Crippen LogP contribution is -2.47. The molecule has 0 saturated heterocycles. The third kappa shape index (κ3) is 3.24. The summed E-state index contributed by atoms with van der Waals surface area (Å²) in [6.45, 7) is 0.276. The van der Waals surface area contributed by atoms with Gasteiger partial charge in [-0.1, -0.05) is 48.5 Å². The lowest BCUT2D eigenvalue weighted by atomic mass is 9.96. The van der Waals surface area contributed by atoms with Crippen LogP contribution in [0.4, 0.5) is 5.69 Å². The van der Waals surface area contributed by atoms with E-state index in [4.69, 9.17) is 4.74 Å². The molecule has 0 spiro atoms. The second kappa shape index (κ2) is 6.77. The van der Waals surface area contributed by atoms with Gasteiger partial charge in [0.2, 0.25) is 12.3 Å². The van der Waals surface area contributed by atoms with Crippen LogP contribution in [0.2, 0.25) is 0 Å². The van der Waals surface area contributed by atoms with Gasteiger partial charge in [0.1, 0.15) is 5.75 Å². The Morgan fingerprint density at radius 3 is 2.40 bits per heavy atom. The van der Waals surface area contributed by atoms with Crippen LogP contribution in [0.1, 0.15) is 11.6 Å². The number of anilines is 1. The first kappa shape index (κ1) is 15.4. The number of rotatable bonds is 4. The van der Waals surface area contributed by atoms with Crippen molar-refractivity contribution in [2.75, 3.05) is 5.32 Å². The van der Waals surface area contributed by atoms with E-state index in [-0.39, 0.29) is 18.4 Å². The molecule has 25 heavy (non-hydrogen) atoms. The van der Waals surface area contributed by atoms with E-state index in [1.807, 2.05) is 89.8 Å². The van der Waals surface area contributed by atoms with Crippen LogP contribution in [0.15, 0.2) is 85.2 Å². The SMILES string of the molecule is O=C(C[n+]1ccccc1)C1Oc2ccccc2NC1c1ccccc1. The number of carbonyl (C=O) groups is 1. The van der Waals surface area contributed by atoms with E-state index in [1.54, 1.807) is 0 Å². The summed E-state index contributed by atoms with van der Waals surface area (Å²) in [6.07, 6.45) is 3.20. The molecule has 1 aromatic heterocycles. The second-order valence-corrected chi connectivity index (χ2v) is 6.08. The molecule has 1 aliphatic rings. The minimum Gasteiger partial charge on any atom is -0.478 e. The Kier molecular flexibility index (Phi) is 4.17. The van der Waals surface area contributed by atoms with Gasteiger partial charge in [-0.25, -0.2) is 0 Å². The first-order chi connectivity index (χ1) is 12.3. The fourth-order valence-corrected chi connectivity index (χ4v) is 3.12. The largest absolute Gasteiger partial charge is 0.478 e. The molecule has 0 saturated carbocycles. The van der Waals surface area contributed by atoms with Crippen molar-refractivity contribution < 1.29 is 14.1 Å². The second-order valence-electron chi connectivity index (χ2n) is 6.08. The molecule has 0 bridgehead atoms. The molecule has 2 unspecified atom stereocenters. The normalized spacial score (nSPS) is 18.6. The maximum Gasteiger partial charge on any atom is 0.240 e. The summed E-state index contributed by atoms with van der Waals surface area (Å²) < 4.78 is 7.98. The average Bonchev–Trinajstić information content (AvgIpc) is 2.68. The van der Waals surface area contributed by atoms with Gasteiger partial charge in [-0.05, 0) is 17.7 Å². The number of para-hydroxylation sites is 2. The number of fused-ring (bicyclic) bond motifs is 1. The number of ether oxygens (including phenoxy) is 1. The molecule has 0 aliphatic carbocycles. The predicted octanol–water partition coefficient (Wildman–Crippen LogP) is 3.16. The van der Waals surface area contributed by atoms with Crippen molar-refractivity contribution in [1.82, 2.24) is 0 Å². The van der Waals surface area contributed by atoms with Crippen molar-refractivity contribution in [2.45, 2.75) is 18.7 Å². The molecule has 4 nitrogen and oxygen atoms in total. The minimum absolute atomic E-state index is 0.0343. The van der Waals surface area contributed by atoms with Crippen LogP contribution < -0.4 is 14.6 Å². The van der Waals surface area contributed by atoms with E-state index in [1.165, 1.54) is 0 Å². The molecule has 2 aromatic carbocycles. The van der Waals surface area contributed by atoms with Gasteiger partial charge in [-0.3, -0.25) is 4.79 Å². The Morgan fingerprint density at radius 2 is 1.60 bits per heavy atom. The molecule has 1 aliphatic heterocycles. The molecule has 124 valence electrons. The summed E-state index contributed by atoms with van der Waals surface area (Å²) in [5.74, 6) is 0.748. The minimum atomic E-state index is -0.579. The van der Waals surface area contributed by atoms with Crippen molar-refractivity contribution in [1.29, 1.82) is 0 Å². The highest BCUT2D eigenvalue weighted by atomic mass is 16.5. The Balaban J connectivity index is 1.66. The van der Waals surface area contributed by atoms with Crippen LogP contribution >= 0.6 is 0 Å². The number of ketones is 1. The maximum atomic E-state index is 13.0. The molecular formula is C21H19N2O2+. The maximum absolute atomic E-state index is 13.0. The highest BCUT2D eigenvalue weighted by molar-refractivity contribution is 5.85. The average molecular weight is 331 g/mol. The van der Waals surface area contributed by atoms with E-state index in [2.05, 4.69) is 5.32 Å². The molecule has 0 radical (unpaired) electrons. The number of Topliss-reactive ketones (excluding diaryl/α,β-unsaturated/α-hetero) is 1. The van der Waals surface area contributed by atoms with Crippen molar-refractivity contribution in [2.24, 2.45) is 0 Å². The van der Waals surface area contributed by atoms with Gasteiger partial charge in [0.15, 0.2) is 18.5 Å². The predicted molar refractivity (Wildman–Crippen MR) is 95.3 cm³/mol. The Hall–Kier alpha value is -3.14.